The second-order valence-electron chi connectivity index (χ2n) is 7.60. The Morgan fingerprint density at radius 1 is 1.14 bits per heavy atom. The van der Waals surface area contributed by atoms with E-state index in [1.807, 2.05) is 49.4 Å². The summed E-state index contributed by atoms with van der Waals surface area (Å²) >= 11 is 0. The molecular weight excluding hydrogens is 388 g/mol. The molecule has 1 aliphatic rings. The van der Waals surface area contributed by atoms with Crippen molar-refractivity contribution in [1.29, 1.82) is 0 Å². The number of anilines is 1. The van der Waals surface area contributed by atoms with E-state index < -0.39 is 15.8 Å². The van der Waals surface area contributed by atoms with Gasteiger partial charge in [-0.2, -0.15) is 0 Å². The Kier molecular flexibility index (Phi) is 6.37. The summed E-state index contributed by atoms with van der Waals surface area (Å²) in [6.07, 6.45) is 1.86. The number of nitrogens with zero attached hydrogens (tertiary/aromatic N) is 1. The zero-order valence-electron chi connectivity index (χ0n) is 16.7. The Hall–Kier alpha value is -2.67. The number of benzene rings is 2. The van der Waals surface area contributed by atoms with Crippen LogP contribution in [0.1, 0.15) is 30.5 Å². The van der Waals surface area contributed by atoms with E-state index in [2.05, 4.69) is 5.32 Å². The van der Waals surface area contributed by atoms with Crippen molar-refractivity contribution in [2.45, 2.75) is 25.8 Å². The maximum Gasteiger partial charge on any atom is 0.229 e. The summed E-state index contributed by atoms with van der Waals surface area (Å²) in [7, 11) is -3.01. The topological polar surface area (TPSA) is 83.6 Å². The molecule has 2 amide bonds. The largest absolute Gasteiger partial charge is 0.335 e. The summed E-state index contributed by atoms with van der Waals surface area (Å²) in [6.45, 7) is 2.37. The monoisotopic (exact) mass is 414 g/mol. The van der Waals surface area contributed by atoms with Crippen LogP contribution in [0.25, 0.3) is 0 Å². The highest BCUT2D eigenvalue weighted by Gasteiger charge is 2.37. The molecule has 2 atom stereocenters. The number of likely N-dealkylation sites (tertiary alicyclic amines) is 1. The predicted octanol–water partition coefficient (Wildman–Crippen LogP) is 2.82. The van der Waals surface area contributed by atoms with Gasteiger partial charge in [0, 0.05) is 24.9 Å². The normalized spacial score (nSPS) is 17.9. The minimum Gasteiger partial charge on any atom is -0.335 e. The average Bonchev–Trinajstić information content (AvgIpc) is 3.09. The fourth-order valence-corrected chi connectivity index (χ4v) is 4.10. The van der Waals surface area contributed by atoms with Crippen molar-refractivity contribution in [2.24, 2.45) is 5.92 Å². The lowest BCUT2D eigenvalue weighted by Crippen LogP contribution is -2.30. The third-order valence-corrected chi connectivity index (χ3v) is 6.21. The zero-order valence-corrected chi connectivity index (χ0v) is 17.5. The highest BCUT2D eigenvalue weighted by Crippen LogP contribution is 2.29. The number of aryl methyl sites for hydroxylation is 1. The highest BCUT2D eigenvalue weighted by atomic mass is 32.2. The molecule has 3 rings (SSSR count). The fraction of sp³-hybridized carbons (Fsp3) is 0.364. The van der Waals surface area contributed by atoms with Crippen molar-refractivity contribution in [3.8, 4) is 0 Å². The van der Waals surface area contributed by atoms with Crippen LogP contribution in [0.2, 0.25) is 0 Å². The van der Waals surface area contributed by atoms with Crippen LogP contribution in [0, 0.1) is 5.92 Å². The van der Waals surface area contributed by atoms with E-state index in [1.54, 1.807) is 17.0 Å². The Bertz CT molecular complexity index is 972. The van der Waals surface area contributed by atoms with Gasteiger partial charge in [0.05, 0.1) is 17.7 Å². The van der Waals surface area contributed by atoms with Crippen LogP contribution in [0.3, 0.4) is 0 Å². The van der Waals surface area contributed by atoms with Crippen molar-refractivity contribution < 1.29 is 18.0 Å². The second kappa shape index (κ2) is 8.78. The number of sulfone groups is 1. The molecule has 1 saturated heterocycles. The number of carbonyl (C=O) groups excluding carboxylic acids is 2. The van der Waals surface area contributed by atoms with Gasteiger partial charge < -0.3 is 10.2 Å². The minimum absolute atomic E-state index is 0.0161. The maximum absolute atomic E-state index is 12.6. The highest BCUT2D eigenvalue weighted by molar-refractivity contribution is 7.90. The Morgan fingerprint density at radius 2 is 1.79 bits per heavy atom. The molecule has 1 N–H and O–H groups in total. The lowest BCUT2D eigenvalue weighted by molar-refractivity contribution is -0.129. The SMILES string of the molecule is CC(c1ccccc1)N1CC(C(=O)Nc2ccc(CCS(C)(=O)=O)cc2)CC1=O. The average molecular weight is 415 g/mol. The van der Waals surface area contributed by atoms with Gasteiger partial charge in [0.2, 0.25) is 11.8 Å². The molecule has 0 spiro atoms. The summed E-state index contributed by atoms with van der Waals surface area (Å²) < 4.78 is 22.5. The summed E-state index contributed by atoms with van der Waals surface area (Å²) in [5, 5.41) is 2.87. The van der Waals surface area contributed by atoms with Crippen LogP contribution >= 0.6 is 0 Å². The first kappa shape index (κ1) is 21.0. The van der Waals surface area contributed by atoms with Crippen molar-refractivity contribution in [2.75, 3.05) is 23.9 Å². The number of amides is 2. The van der Waals surface area contributed by atoms with Crippen molar-refractivity contribution in [3.05, 3.63) is 65.7 Å². The van der Waals surface area contributed by atoms with Gasteiger partial charge >= 0.3 is 0 Å². The van der Waals surface area contributed by atoms with E-state index >= 15 is 0 Å². The number of hydrogen-bond acceptors (Lipinski definition) is 4. The molecule has 6 nitrogen and oxygen atoms in total. The fourth-order valence-electron chi connectivity index (χ4n) is 3.50. The molecule has 0 saturated carbocycles. The third kappa shape index (κ3) is 5.67. The van der Waals surface area contributed by atoms with Gasteiger partial charge in [0.15, 0.2) is 0 Å². The lowest BCUT2D eigenvalue weighted by Gasteiger charge is -2.25. The molecule has 1 aliphatic heterocycles. The summed E-state index contributed by atoms with van der Waals surface area (Å²) in [4.78, 5) is 26.8. The van der Waals surface area contributed by atoms with E-state index in [0.717, 1.165) is 11.1 Å². The molecule has 0 aliphatic carbocycles. The molecule has 0 bridgehead atoms. The molecular formula is C22H26N2O4S. The minimum atomic E-state index is -3.01. The van der Waals surface area contributed by atoms with Gasteiger partial charge in [-0.15, -0.1) is 0 Å². The zero-order chi connectivity index (χ0) is 21.0. The molecule has 2 aromatic rings. The van der Waals surface area contributed by atoms with Gasteiger partial charge in [-0.1, -0.05) is 42.5 Å². The van der Waals surface area contributed by atoms with Crippen LogP contribution < -0.4 is 5.32 Å². The Balaban J connectivity index is 1.58. The van der Waals surface area contributed by atoms with Crippen molar-refractivity contribution in [3.63, 3.8) is 0 Å². The molecule has 0 aromatic heterocycles. The Morgan fingerprint density at radius 3 is 2.41 bits per heavy atom. The molecule has 1 fully saturated rings. The van der Waals surface area contributed by atoms with Gasteiger partial charge in [-0.3, -0.25) is 9.59 Å². The van der Waals surface area contributed by atoms with E-state index in [-0.39, 0.29) is 30.0 Å². The van der Waals surface area contributed by atoms with Gasteiger partial charge in [0.1, 0.15) is 9.84 Å². The number of nitrogens with one attached hydrogen (secondary N) is 1. The molecule has 2 aromatic carbocycles. The van der Waals surface area contributed by atoms with E-state index in [1.165, 1.54) is 6.26 Å². The number of rotatable bonds is 7. The smallest absolute Gasteiger partial charge is 0.229 e. The van der Waals surface area contributed by atoms with Crippen LogP contribution in [-0.2, 0) is 25.8 Å². The maximum atomic E-state index is 12.6. The van der Waals surface area contributed by atoms with E-state index in [9.17, 15) is 18.0 Å². The summed E-state index contributed by atoms with van der Waals surface area (Å²) in [5.74, 6) is -0.487. The molecule has 154 valence electrons. The third-order valence-electron chi connectivity index (χ3n) is 5.26. The van der Waals surface area contributed by atoms with E-state index in [0.29, 0.717) is 18.7 Å². The second-order valence-corrected chi connectivity index (χ2v) is 9.86. The first-order chi connectivity index (χ1) is 13.7. The molecule has 29 heavy (non-hydrogen) atoms. The standard InChI is InChI=1S/C22H26N2O4S/c1-16(18-6-4-3-5-7-18)24-15-19(14-21(24)25)22(26)23-20-10-8-17(9-11-20)12-13-29(2,27)28/h3-11,16,19H,12-15H2,1-2H3,(H,23,26). The summed E-state index contributed by atoms with van der Waals surface area (Å²) in [6, 6.07) is 16.8. The molecule has 0 radical (unpaired) electrons. The van der Waals surface area contributed by atoms with Gasteiger partial charge in [-0.05, 0) is 36.6 Å². The quantitative estimate of drug-likeness (QED) is 0.755. The van der Waals surface area contributed by atoms with Crippen LogP contribution in [0.5, 0.6) is 0 Å². The Labute approximate surface area is 171 Å². The van der Waals surface area contributed by atoms with Gasteiger partial charge in [0.25, 0.3) is 0 Å². The van der Waals surface area contributed by atoms with Crippen LogP contribution in [-0.4, -0.2) is 43.7 Å². The lowest BCUT2D eigenvalue weighted by atomic mass is 10.1. The van der Waals surface area contributed by atoms with Gasteiger partial charge in [-0.25, -0.2) is 8.42 Å². The first-order valence-electron chi connectivity index (χ1n) is 9.65. The molecule has 1 heterocycles. The first-order valence-corrected chi connectivity index (χ1v) is 11.7. The number of carbonyl (C=O) groups is 2. The molecule has 7 heteroatoms. The van der Waals surface area contributed by atoms with Crippen molar-refractivity contribution >= 4 is 27.3 Å². The predicted molar refractivity (Wildman–Crippen MR) is 113 cm³/mol. The number of hydrogen-bond donors (Lipinski definition) is 1. The van der Waals surface area contributed by atoms with Crippen molar-refractivity contribution in [1.82, 2.24) is 4.90 Å². The summed E-state index contributed by atoms with van der Waals surface area (Å²) in [5.41, 5.74) is 2.58. The van der Waals surface area contributed by atoms with Crippen LogP contribution in [0.4, 0.5) is 5.69 Å². The van der Waals surface area contributed by atoms with Crippen LogP contribution in [0.15, 0.2) is 54.6 Å². The van der Waals surface area contributed by atoms with E-state index in [4.69, 9.17) is 0 Å². The molecule has 2 unspecified atom stereocenters.